The fourth-order valence-corrected chi connectivity index (χ4v) is 1.61. The topological polar surface area (TPSA) is 35.8 Å². The molecule has 1 aliphatic rings. The smallest absolute Gasteiger partial charge is 0.0914 e. The average Bonchev–Trinajstić information content (AvgIpc) is 2.19. The van der Waals surface area contributed by atoms with E-state index >= 15 is 0 Å². The summed E-state index contributed by atoms with van der Waals surface area (Å²) in [5.74, 6) is 0. The van der Waals surface area contributed by atoms with Gasteiger partial charge >= 0.3 is 0 Å². The summed E-state index contributed by atoms with van der Waals surface area (Å²) in [5, 5.41) is 12.0. The Morgan fingerprint density at radius 1 is 1.57 bits per heavy atom. The monoisotopic (exact) mass is 190 g/mol. The molecule has 0 saturated carbocycles. The minimum absolute atomic E-state index is 1.05. The Morgan fingerprint density at radius 3 is 3.14 bits per heavy atom. The Morgan fingerprint density at radius 2 is 2.43 bits per heavy atom. The Hall–Kier alpha value is -1.23. The molecule has 76 valence electrons. The third-order valence-corrected chi connectivity index (χ3v) is 2.40. The first-order valence-corrected chi connectivity index (χ1v) is 5.40. The lowest BCUT2D eigenvalue weighted by Gasteiger charge is -2.16. The number of unbranched alkanes of at least 4 members (excludes halogenated alkanes) is 1. The van der Waals surface area contributed by atoms with Crippen LogP contribution in [-0.4, -0.2) is 6.54 Å². The molecule has 0 heterocycles. The van der Waals surface area contributed by atoms with Crippen molar-refractivity contribution >= 4 is 0 Å². The predicted octanol–water partition coefficient (Wildman–Crippen LogP) is 2.89. The van der Waals surface area contributed by atoms with Crippen molar-refractivity contribution in [1.29, 1.82) is 5.26 Å². The van der Waals surface area contributed by atoms with Crippen molar-refractivity contribution in [2.75, 3.05) is 6.54 Å². The Labute approximate surface area is 86.3 Å². The van der Waals surface area contributed by atoms with Crippen molar-refractivity contribution in [3.05, 3.63) is 23.4 Å². The molecule has 0 atom stereocenters. The average molecular weight is 190 g/mol. The zero-order chi connectivity index (χ0) is 10.2. The van der Waals surface area contributed by atoms with Crippen LogP contribution >= 0.6 is 0 Å². The van der Waals surface area contributed by atoms with E-state index in [-0.39, 0.29) is 0 Å². The molecule has 1 aliphatic carbocycles. The van der Waals surface area contributed by atoms with Crippen LogP contribution in [0.25, 0.3) is 0 Å². The maximum absolute atomic E-state index is 8.54. The van der Waals surface area contributed by atoms with Gasteiger partial charge in [-0.25, -0.2) is 0 Å². The maximum atomic E-state index is 8.54. The Bertz CT molecular complexity index is 269. The van der Waals surface area contributed by atoms with E-state index in [9.17, 15) is 0 Å². The second kappa shape index (κ2) is 6.26. The van der Waals surface area contributed by atoms with Gasteiger partial charge in [-0.3, -0.25) is 0 Å². The first-order chi connectivity index (χ1) is 6.86. The minimum Gasteiger partial charge on any atom is -0.388 e. The van der Waals surface area contributed by atoms with Gasteiger partial charge in [-0.15, -0.1) is 0 Å². The molecule has 0 aromatic carbocycles. The van der Waals surface area contributed by atoms with E-state index in [1.54, 1.807) is 6.08 Å². The lowest BCUT2D eigenvalue weighted by atomic mass is 9.99. The molecule has 2 nitrogen and oxygen atoms in total. The summed E-state index contributed by atoms with van der Waals surface area (Å²) >= 11 is 0. The molecule has 0 radical (unpaired) electrons. The van der Waals surface area contributed by atoms with Gasteiger partial charge in [0.1, 0.15) is 0 Å². The number of nitrogens with one attached hydrogen (secondary N) is 1. The molecular formula is C12H18N2. The van der Waals surface area contributed by atoms with Gasteiger partial charge in [0.05, 0.1) is 6.07 Å². The van der Waals surface area contributed by atoms with Gasteiger partial charge in [0.15, 0.2) is 0 Å². The molecule has 0 aromatic heterocycles. The molecule has 2 heteroatoms. The van der Waals surface area contributed by atoms with Crippen LogP contribution in [0.1, 0.15) is 39.0 Å². The molecule has 0 spiro atoms. The molecule has 0 aliphatic heterocycles. The van der Waals surface area contributed by atoms with Crippen LogP contribution in [0, 0.1) is 11.3 Å². The van der Waals surface area contributed by atoms with E-state index in [0.717, 1.165) is 25.0 Å². The van der Waals surface area contributed by atoms with E-state index in [1.165, 1.54) is 25.0 Å². The molecule has 0 unspecified atom stereocenters. The lowest BCUT2D eigenvalue weighted by Crippen LogP contribution is -2.16. The molecule has 0 bridgehead atoms. The van der Waals surface area contributed by atoms with Crippen LogP contribution < -0.4 is 5.32 Å². The largest absolute Gasteiger partial charge is 0.388 e. The highest BCUT2D eigenvalue weighted by Gasteiger charge is 2.06. The summed E-state index contributed by atoms with van der Waals surface area (Å²) in [6, 6.07) is 2.09. The number of hydrogen-bond acceptors (Lipinski definition) is 2. The van der Waals surface area contributed by atoms with Crippen LogP contribution in [0.2, 0.25) is 0 Å². The number of nitrogens with zero attached hydrogens (tertiary/aromatic N) is 1. The third kappa shape index (κ3) is 3.66. The Kier molecular flexibility index (Phi) is 4.85. The van der Waals surface area contributed by atoms with Gasteiger partial charge in [0, 0.05) is 18.3 Å². The minimum atomic E-state index is 1.05. The standard InChI is InChI=1S/C12H18N2/c1-2-3-9-14-12-6-4-5-11(10-12)7-8-13/h7,10,14H,2-6,9H2,1H3/b11-7+. The lowest BCUT2D eigenvalue weighted by molar-refractivity contribution is 0.653. The predicted molar refractivity (Wildman–Crippen MR) is 58.5 cm³/mol. The van der Waals surface area contributed by atoms with Crippen molar-refractivity contribution in [3.63, 3.8) is 0 Å². The quantitative estimate of drug-likeness (QED) is 0.546. The first kappa shape index (κ1) is 10.8. The highest BCUT2D eigenvalue weighted by molar-refractivity contribution is 5.30. The fraction of sp³-hybridized carbons (Fsp3) is 0.583. The fourth-order valence-electron chi connectivity index (χ4n) is 1.61. The molecule has 0 aromatic rings. The number of hydrogen-bond donors (Lipinski definition) is 1. The highest BCUT2D eigenvalue weighted by atomic mass is 14.9. The molecule has 14 heavy (non-hydrogen) atoms. The molecular weight excluding hydrogens is 172 g/mol. The second-order valence-electron chi connectivity index (χ2n) is 3.65. The van der Waals surface area contributed by atoms with Gasteiger partial charge in [0.2, 0.25) is 0 Å². The second-order valence-corrected chi connectivity index (χ2v) is 3.65. The van der Waals surface area contributed by atoms with Crippen LogP contribution in [0.15, 0.2) is 23.4 Å². The van der Waals surface area contributed by atoms with E-state index in [1.807, 2.05) is 0 Å². The normalized spacial score (nSPS) is 18.9. The maximum Gasteiger partial charge on any atom is 0.0914 e. The summed E-state index contributed by atoms with van der Waals surface area (Å²) in [6.07, 6.45) is 9.57. The van der Waals surface area contributed by atoms with Crippen LogP contribution in [0.4, 0.5) is 0 Å². The van der Waals surface area contributed by atoms with Gasteiger partial charge in [0.25, 0.3) is 0 Å². The van der Waals surface area contributed by atoms with Crippen LogP contribution in [-0.2, 0) is 0 Å². The van der Waals surface area contributed by atoms with Gasteiger partial charge in [-0.05, 0) is 37.3 Å². The SMILES string of the molecule is CCCCNC1=C/C(=C/C#N)CCC1. The number of nitriles is 1. The van der Waals surface area contributed by atoms with E-state index < -0.39 is 0 Å². The Balaban J connectivity index is 2.44. The number of rotatable bonds is 4. The molecule has 1 rings (SSSR count). The van der Waals surface area contributed by atoms with Crippen molar-refractivity contribution in [1.82, 2.24) is 5.32 Å². The zero-order valence-corrected chi connectivity index (χ0v) is 8.84. The summed E-state index contributed by atoms with van der Waals surface area (Å²) in [7, 11) is 0. The van der Waals surface area contributed by atoms with E-state index in [4.69, 9.17) is 5.26 Å². The molecule has 0 amide bonds. The van der Waals surface area contributed by atoms with Crippen molar-refractivity contribution in [2.45, 2.75) is 39.0 Å². The van der Waals surface area contributed by atoms with Crippen molar-refractivity contribution in [3.8, 4) is 6.07 Å². The van der Waals surface area contributed by atoms with Crippen molar-refractivity contribution in [2.24, 2.45) is 0 Å². The van der Waals surface area contributed by atoms with Crippen LogP contribution in [0.5, 0.6) is 0 Å². The van der Waals surface area contributed by atoms with Gasteiger partial charge < -0.3 is 5.32 Å². The summed E-state index contributed by atoms with van der Waals surface area (Å²) in [5.41, 5.74) is 2.46. The van der Waals surface area contributed by atoms with Crippen molar-refractivity contribution < 1.29 is 0 Å². The third-order valence-electron chi connectivity index (χ3n) is 2.40. The van der Waals surface area contributed by atoms with E-state index in [2.05, 4.69) is 24.4 Å². The highest BCUT2D eigenvalue weighted by Crippen LogP contribution is 2.20. The first-order valence-electron chi connectivity index (χ1n) is 5.40. The molecule has 0 fully saturated rings. The summed E-state index contributed by atoms with van der Waals surface area (Å²) in [4.78, 5) is 0. The zero-order valence-electron chi connectivity index (χ0n) is 8.84. The van der Waals surface area contributed by atoms with Crippen LogP contribution in [0.3, 0.4) is 0 Å². The summed E-state index contributed by atoms with van der Waals surface area (Å²) in [6.45, 7) is 3.25. The van der Waals surface area contributed by atoms with E-state index in [0.29, 0.717) is 0 Å². The molecule has 1 N–H and O–H groups in total. The number of allylic oxidation sites excluding steroid dienone is 4. The van der Waals surface area contributed by atoms with Gasteiger partial charge in [-0.1, -0.05) is 13.3 Å². The molecule has 0 saturated heterocycles. The van der Waals surface area contributed by atoms with Gasteiger partial charge in [-0.2, -0.15) is 5.26 Å². The summed E-state index contributed by atoms with van der Waals surface area (Å²) < 4.78 is 0.